The summed E-state index contributed by atoms with van der Waals surface area (Å²) in [6, 6.07) is 14.0. The molecule has 0 spiro atoms. The van der Waals surface area contributed by atoms with E-state index >= 15 is 0 Å². The highest BCUT2D eigenvalue weighted by Gasteiger charge is 2.27. The molecule has 2 aromatic carbocycles. The molecule has 4 rings (SSSR count). The number of hydrogen-bond acceptors (Lipinski definition) is 6. The first-order valence-corrected chi connectivity index (χ1v) is 10.2. The second kappa shape index (κ2) is 8.59. The number of halogens is 1. The van der Waals surface area contributed by atoms with Gasteiger partial charge in [-0.1, -0.05) is 24.3 Å². The van der Waals surface area contributed by atoms with Gasteiger partial charge in [-0.3, -0.25) is 4.79 Å². The van der Waals surface area contributed by atoms with Crippen LogP contribution >= 0.6 is 0 Å². The summed E-state index contributed by atoms with van der Waals surface area (Å²) in [5.41, 5.74) is 14.5. The van der Waals surface area contributed by atoms with Crippen molar-refractivity contribution in [3.63, 3.8) is 0 Å². The van der Waals surface area contributed by atoms with Crippen LogP contribution in [-0.2, 0) is 4.79 Å². The van der Waals surface area contributed by atoms with Crippen LogP contribution in [-0.4, -0.2) is 29.0 Å². The fourth-order valence-corrected chi connectivity index (χ4v) is 3.80. The van der Waals surface area contributed by atoms with Gasteiger partial charge in [0.15, 0.2) is 0 Å². The lowest BCUT2D eigenvalue weighted by atomic mass is 9.96. The summed E-state index contributed by atoms with van der Waals surface area (Å²) in [5.74, 6) is 0.00955. The van der Waals surface area contributed by atoms with Crippen molar-refractivity contribution < 1.29 is 9.18 Å². The molecule has 1 saturated heterocycles. The van der Waals surface area contributed by atoms with Gasteiger partial charge in [0, 0.05) is 30.4 Å². The Morgan fingerprint density at radius 3 is 2.74 bits per heavy atom. The second-order valence-corrected chi connectivity index (χ2v) is 7.80. The molecule has 1 aromatic heterocycles. The van der Waals surface area contributed by atoms with Crippen molar-refractivity contribution in [2.24, 2.45) is 5.92 Å². The molecular weight excluding hydrogens is 395 g/mol. The zero-order valence-electron chi connectivity index (χ0n) is 17.3. The molecule has 7 nitrogen and oxygen atoms in total. The minimum Gasteiger partial charge on any atom is -0.396 e. The van der Waals surface area contributed by atoms with Crippen molar-refractivity contribution in [2.45, 2.75) is 19.8 Å². The number of amides is 1. The number of nitrogens with two attached hydrogens (primary N) is 2. The van der Waals surface area contributed by atoms with E-state index in [-0.39, 0.29) is 23.5 Å². The second-order valence-electron chi connectivity index (χ2n) is 7.80. The minimum absolute atomic E-state index is 0.0122. The maximum atomic E-state index is 13.9. The van der Waals surface area contributed by atoms with Crippen LogP contribution in [0.2, 0.25) is 0 Å². The van der Waals surface area contributed by atoms with E-state index in [1.54, 1.807) is 12.1 Å². The highest BCUT2D eigenvalue weighted by molar-refractivity contribution is 5.93. The van der Waals surface area contributed by atoms with Gasteiger partial charge in [-0.2, -0.15) is 4.98 Å². The number of anilines is 4. The molecule has 0 bridgehead atoms. The third-order valence-electron chi connectivity index (χ3n) is 5.55. The lowest BCUT2D eigenvalue weighted by Gasteiger charge is -2.33. The number of piperidine rings is 1. The minimum atomic E-state index is -0.512. The Hall–Kier alpha value is -3.68. The average Bonchev–Trinajstić information content (AvgIpc) is 2.77. The van der Waals surface area contributed by atoms with Crippen LogP contribution in [0.4, 0.5) is 27.5 Å². The van der Waals surface area contributed by atoms with Gasteiger partial charge in [-0.15, -0.1) is 0 Å². The van der Waals surface area contributed by atoms with E-state index in [9.17, 15) is 9.18 Å². The number of rotatable bonds is 4. The summed E-state index contributed by atoms with van der Waals surface area (Å²) < 4.78 is 13.9. The van der Waals surface area contributed by atoms with Crippen LogP contribution in [0.5, 0.6) is 0 Å². The van der Waals surface area contributed by atoms with Gasteiger partial charge >= 0.3 is 0 Å². The van der Waals surface area contributed by atoms with Crippen molar-refractivity contribution in [2.75, 3.05) is 34.8 Å². The van der Waals surface area contributed by atoms with Crippen LogP contribution in [0.3, 0.4) is 0 Å². The van der Waals surface area contributed by atoms with Gasteiger partial charge in [0.2, 0.25) is 11.9 Å². The maximum Gasteiger partial charge on any atom is 0.229 e. The summed E-state index contributed by atoms with van der Waals surface area (Å²) in [6.45, 7) is 3.23. The van der Waals surface area contributed by atoms with E-state index in [4.69, 9.17) is 11.5 Å². The molecule has 2 heterocycles. The Kier molecular flexibility index (Phi) is 5.70. The number of nitrogens with zero attached hydrogens (tertiary/aromatic N) is 3. The standard InChI is InChI=1S/C23H25FN6O/c1-14-5-2-3-7-19(14)27-22(31)16-6-4-10-30(13-16)21-12-20(28-23(26)29-21)15-8-9-18(25)17(24)11-15/h2-3,5,7-9,11-12,16H,4,6,10,13,25H2,1H3,(H,27,31)(H2,26,28,29)/t16-/m0/s1. The van der Waals surface area contributed by atoms with E-state index in [2.05, 4.69) is 15.3 Å². The SMILES string of the molecule is Cc1ccccc1NC(=O)[C@H]1CCCN(c2cc(-c3ccc(N)c(F)c3)nc(N)n2)C1. The van der Waals surface area contributed by atoms with Crippen molar-refractivity contribution in [3.05, 3.63) is 59.9 Å². The summed E-state index contributed by atoms with van der Waals surface area (Å²) >= 11 is 0. The zero-order valence-corrected chi connectivity index (χ0v) is 17.3. The molecule has 1 fully saturated rings. The molecule has 0 aliphatic carbocycles. The molecule has 31 heavy (non-hydrogen) atoms. The smallest absolute Gasteiger partial charge is 0.229 e. The van der Waals surface area contributed by atoms with Crippen LogP contribution in [0, 0.1) is 18.7 Å². The predicted molar refractivity (Wildman–Crippen MR) is 121 cm³/mol. The Morgan fingerprint density at radius 2 is 1.97 bits per heavy atom. The molecule has 1 aliphatic rings. The van der Waals surface area contributed by atoms with E-state index < -0.39 is 5.82 Å². The van der Waals surface area contributed by atoms with Crippen LogP contribution in [0.1, 0.15) is 18.4 Å². The topological polar surface area (TPSA) is 110 Å². The van der Waals surface area contributed by atoms with Crippen molar-refractivity contribution in [1.29, 1.82) is 0 Å². The lowest BCUT2D eigenvalue weighted by molar-refractivity contribution is -0.120. The molecule has 0 unspecified atom stereocenters. The Balaban J connectivity index is 1.54. The maximum absolute atomic E-state index is 13.9. The van der Waals surface area contributed by atoms with Gasteiger partial charge in [0.25, 0.3) is 0 Å². The summed E-state index contributed by atoms with van der Waals surface area (Å²) in [4.78, 5) is 23.5. The van der Waals surface area contributed by atoms with Gasteiger partial charge in [-0.25, -0.2) is 9.37 Å². The number of para-hydroxylation sites is 1. The summed E-state index contributed by atoms with van der Waals surface area (Å²) in [5, 5.41) is 3.04. The fraction of sp³-hybridized carbons (Fsp3) is 0.261. The normalized spacial score (nSPS) is 16.2. The molecule has 1 amide bonds. The van der Waals surface area contributed by atoms with E-state index in [0.717, 1.165) is 30.6 Å². The number of benzene rings is 2. The number of nitrogen functional groups attached to an aromatic ring is 2. The van der Waals surface area contributed by atoms with Gasteiger partial charge in [0.05, 0.1) is 17.3 Å². The van der Waals surface area contributed by atoms with Crippen molar-refractivity contribution >= 4 is 29.0 Å². The monoisotopic (exact) mass is 420 g/mol. The lowest BCUT2D eigenvalue weighted by Crippen LogP contribution is -2.41. The fourth-order valence-electron chi connectivity index (χ4n) is 3.80. The third-order valence-corrected chi connectivity index (χ3v) is 5.55. The third kappa shape index (κ3) is 4.58. The van der Waals surface area contributed by atoms with Gasteiger partial charge in [0.1, 0.15) is 11.6 Å². The largest absolute Gasteiger partial charge is 0.396 e. The Bertz CT molecular complexity index is 1120. The first-order valence-electron chi connectivity index (χ1n) is 10.2. The molecule has 5 N–H and O–H groups in total. The highest BCUT2D eigenvalue weighted by Crippen LogP contribution is 2.28. The molecule has 0 radical (unpaired) electrons. The number of hydrogen-bond donors (Lipinski definition) is 3. The quantitative estimate of drug-likeness (QED) is 0.556. The van der Waals surface area contributed by atoms with Crippen LogP contribution in [0.15, 0.2) is 48.5 Å². The van der Waals surface area contributed by atoms with E-state index in [1.165, 1.54) is 12.1 Å². The average molecular weight is 420 g/mol. The summed E-state index contributed by atoms with van der Waals surface area (Å²) in [6.07, 6.45) is 1.65. The molecular formula is C23H25FN6O. The zero-order chi connectivity index (χ0) is 22.0. The Labute approximate surface area is 180 Å². The first kappa shape index (κ1) is 20.6. The van der Waals surface area contributed by atoms with E-state index in [1.807, 2.05) is 36.1 Å². The highest BCUT2D eigenvalue weighted by atomic mass is 19.1. The first-order chi connectivity index (χ1) is 14.9. The Morgan fingerprint density at radius 1 is 1.16 bits per heavy atom. The summed E-state index contributed by atoms with van der Waals surface area (Å²) in [7, 11) is 0. The molecule has 160 valence electrons. The van der Waals surface area contributed by atoms with Crippen molar-refractivity contribution in [1.82, 2.24) is 9.97 Å². The van der Waals surface area contributed by atoms with Gasteiger partial charge < -0.3 is 21.7 Å². The molecule has 1 aliphatic heterocycles. The molecule has 3 aromatic rings. The molecule has 1 atom stereocenters. The van der Waals surface area contributed by atoms with Crippen LogP contribution in [0.25, 0.3) is 11.3 Å². The number of aryl methyl sites for hydroxylation is 1. The van der Waals surface area contributed by atoms with Crippen molar-refractivity contribution in [3.8, 4) is 11.3 Å². The number of aromatic nitrogens is 2. The number of carbonyl (C=O) groups is 1. The van der Waals surface area contributed by atoms with Crippen LogP contribution < -0.4 is 21.7 Å². The number of carbonyl (C=O) groups excluding carboxylic acids is 1. The molecule has 0 saturated carbocycles. The van der Waals surface area contributed by atoms with Gasteiger partial charge in [-0.05, 0) is 43.5 Å². The molecule has 8 heteroatoms. The number of nitrogens with one attached hydrogen (secondary N) is 1. The predicted octanol–water partition coefficient (Wildman–Crippen LogP) is 3.61. The van der Waals surface area contributed by atoms with E-state index in [0.29, 0.717) is 23.6 Å².